The number of hydrogen-bond acceptors (Lipinski definition) is 3. The van der Waals surface area contributed by atoms with E-state index in [1.54, 1.807) is 11.0 Å². The number of rotatable bonds is 3. The normalized spacial score (nSPS) is 12.0. The summed E-state index contributed by atoms with van der Waals surface area (Å²) in [4.78, 5) is 4.15. The second-order valence-corrected chi connectivity index (χ2v) is 3.84. The van der Waals surface area contributed by atoms with Crippen LogP contribution in [0.1, 0.15) is 19.7 Å². The maximum Gasteiger partial charge on any atom is 0.138 e. The molecule has 4 nitrogen and oxygen atoms in total. The van der Waals surface area contributed by atoms with E-state index in [2.05, 4.69) is 23.9 Å². The van der Waals surface area contributed by atoms with E-state index >= 15 is 0 Å². The molecule has 12 heavy (non-hydrogen) atoms. The second-order valence-electron chi connectivity index (χ2n) is 3.84. The summed E-state index contributed by atoms with van der Waals surface area (Å²) in [7, 11) is 1.90. The SMILES string of the molecule is Cn1ncnc1CC(C)(C)CN. The number of nitrogens with zero attached hydrogens (tertiary/aromatic N) is 3. The molecule has 0 fully saturated rings. The zero-order valence-electron chi connectivity index (χ0n) is 7.91. The molecule has 1 rings (SSSR count). The maximum absolute atomic E-state index is 5.62. The molecule has 0 atom stereocenters. The summed E-state index contributed by atoms with van der Waals surface area (Å²) >= 11 is 0. The summed E-state index contributed by atoms with van der Waals surface area (Å²) in [6.45, 7) is 4.92. The van der Waals surface area contributed by atoms with Gasteiger partial charge < -0.3 is 5.73 Å². The minimum absolute atomic E-state index is 0.112. The Balaban J connectivity index is 2.70. The van der Waals surface area contributed by atoms with Crippen molar-refractivity contribution in [3.63, 3.8) is 0 Å². The van der Waals surface area contributed by atoms with Crippen molar-refractivity contribution in [2.75, 3.05) is 6.54 Å². The van der Waals surface area contributed by atoms with Gasteiger partial charge in [0.05, 0.1) is 0 Å². The molecule has 0 saturated heterocycles. The number of nitrogens with two attached hydrogens (primary N) is 1. The second kappa shape index (κ2) is 3.23. The van der Waals surface area contributed by atoms with E-state index in [0.717, 1.165) is 12.2 Å². The summed E-state index contributed by atoms with van der Waals surface area (Å²) in [5.74, 6) is 0.991. The lowest BCUT2D eigenvalue weighted by molar-refractivity contribution is 0.361. The van der Waals surface area contributed by atoms with Gasteiger partial charge in [-0.3, -0.25) is 4.68 Å². The first-order chi connectivity index (χ1) is 5.55. The molecule has 0 bridgehead atoms. The monoisotopic (exact) mass is 168 g/mol. The van der Waals surface area contributed by atoms with Gasteiger partial charge in [0, 0.05) is 13.5 Å². The van der Waals surface area contributed by atoms with Crippen LogP contribution < -0.4 is 5.73 Å². The van der Waals surface area contributed by atoms with Crippen molar-refractivity contribution in [1.29, 1.82) is 0 Å². The van der Waals surface area contributed by atoms with Gasteiger partial charge in [-0.15, -0.1) is 0 Å². The van der Waals surface area contributed by atoms with Crippen LogP contribution in [0.15, 0.2) is 6.33 Å². The van der Waals surface area contributed by atoms with E-state index in [4.69, 9.17) is 5.73 Å². The topological polar surface area (TPSA) is 56.7 Å². The molecule has 1 heterocycles. The van der Waals surface area contributed by atoms with E-state index in [1.165, 1.54) is 0 Å². The fourth-order valence-corrected chi connectivity index (χ4v) is 0.980. The third kappa shape index (κ3) is 2.04. The first-order valence-electron chi connectivity index (χ1n) is 4.08. The zero-order valence-corrected chi connectivity index (χ0v) is 7.91. The van der Waals surface area contributed by atoms with Crippen molar-refractivity contribution in [2.24, 2.45) is 18.2 Å². The fraction of sp³-hybridized carbons (Fsp3) is 0.750. The molecule has 2 N–H and O–H groups in total. The van der Waals surface area contributed by atoms with E-state index in [1.807, 2.05) is 7.05 Å². The quantitative estimate of drug-likeness (QED) is 0.708. The van der Waals surface area contributed by atoms with Gasteiger partial charge in [0.1, 0.15) is 12.2 Å². The molecular weight excluding hydrogens is 152 g/mol. The fourth-order valence-electron chi connectivity index (χ4n) is 0.980. The van der Waals surface area contributed by atoms with E-state index < -0.39 is 0 Å². The van der Waals surface area contributed by atoms with Crippen molar-refractivity contribution < 1.29 is 0 Å². The van der Waals surface area contributed by atoms with Crippen LogP contribution >= 0.6 is 0 Å². The van der Waals surface area contributed by atoms with Gasteiger partial charge in [-0.1, -0.05) is 13.8 Å². The van der Waals surface area contributed by atoms with Crippen molar-refractivity contribution >= 4 is 0 Å². The van der Waals surface area contributed by atoms with Crippen LogP contribution in [0.4, 0.5) is 0 Å². The molecule has 4 heteroatoms. The molecule has 1 aromatic rings. The third-order valence-electron chi connectivity index (χ3n) is 1.99. The molecule has 0 radical (unpaired) electrons. The average Bonchev–Trinajstić information content (AvgIpc) is 2.36. The van der Waals surface area contributed by atoms with Gasteiger partial charge >= 0.3 is 0 Å². The lowest BCUT2D eigenvalue weighted by Crippen LogP contribution is -2.27. The van der Waals surface area contributed by atoms with Crippen LogP contribution in [0, 0.1) is 5.41 Å². The smallest absolute Gasteiger partial charge is 0.138 e. The van der Waals surface area contributed by atoms with Gasteiger partial charge in [-0.25, -0.2) is 4.98 Å². The Morgan fingerprint density at radius 2 is 2.25 bits per heavy atom. The van der Waals surface area contributed by atoms with Gasteiger partial charge in [0.2, 0.25) is 0 Å². The van der Waals surface area contributed by atoms with Gasteiger partial charge in [-0.05, 0) is 12.0 Å². The molecule has 0 aliphatic rings. The molecule has 0 saturated carbocycles. The van der Waals surface area contributed by atoms with Crippen molar-refractivity contribution in [3.05, 3.63) is 12.2 Å². The molecule has 68 valence electrons. The Kier molecular flexibility index (Phi) is 2.47. The zero-order chi connectivity index (χ0) is 9.19. The Labute approximate surface area is 72.8 Å². The lowest BCUT2D eigenvalue weighted by atomic mass is 9.89. The molecular formula is C8H16N4. The highest BCUT2D eigenvalue weighted by molar-refractivity contribution is 4.90. The summed E-state index contributed by atoms with van der Waals surface area (Å²) in [5.41, 5.74) is 5.73. The van der Waals surface area contributed by atoms with Crippen LogP contribution in [-0.2, 0) is 13.5 Å². The highest BCUT2D eigenvalue weighted by Crippen LogP contribution is 2.17. The number of hydrogen-bond donors (Lipinski definition) is 1. The first kappa shape index (κ1) is 9.19. The van der Waals surface area contributed by atoms with Gasteiger partial charge in [0.25, 0.3) is 0 Å². The summed E-state index contributed by atoms with van der Waals surface area (Å²) in [6.07, 6.45) is 2.45. The van der Waals surface area contributed by atoms with Crippen LogP contribution in [0.3, 0.4) is 0 Å². The molecule has 0 aliphatic heterocycles. The Morgan fingerprint density at radius 3 is 2.67 bits per heavy atom. The summed E-state index contributed by atoms with van der Waals surface area (Å²) in [5, 5.41) is 4.00. The van der Waals surface area contributed by atoms with E-state index in [0.29, 0.717) is 6.54 Å². The molecule has 1 aromatic heterocycles. The third-order valence-corrected chi connectivity index (χ3v) is 1.99. The maximum atomic E-state index is 5.62. The minimum Gasteiger partial charge on any atom is -0.330 e. The van der Waals surface area contributed by atoms with Gasteiger partial charge in [0.15, 0.2) is 0 Å². The summed E-state index contributed by atoms with van der Waals surface area (Å²) < 4.78 is 1.79. The summed E-state index contributed by atoms with van der Waals surface area (Å²) in [6, 6.07) is 0. The highest BCUT2D eigenvalue weighted by atomic mass is 15.3. The largest absolute Gasteiger partial charge is 0.330 e. The predicted octanol–water partition coefficient (Wildman–Crippen LogP) is 0.343. The standard InChI is InChI=1S/C8H16N4/c1-8(2,5-9)4-7-10-6-11-12(7)3/h6H,4-5,9H2,1-3H3. The van der Waals surface area contributed by atoms with E-state index in [-0.39, 0.29) is 5.41 Å². The first-order valence-corrected chi connectivity index (χ1v) is 4.08. The van der Waals surface area contributed by atoms with Crippen LogP contribution in [0.2, 0.25) is 0 Å². The minimum atomic E-state index is 0.112. The molecule has 0 amide bonds. The van der Waals surface area contributed by atoms with Crippen molar-refractivity contribution in [3.8, 4) is 0 Å². The predicted molar refractivity (Wildman–Crippen MR) is 47.5 cm³/mol. The molecule has 0 aromatic carbocycles. The van der Waals surface area contributed by atoms with Crippen LogP contribution in [0.5, 0.6) is 0 Å². The number of aromatic nitrogens is 3. The van der Waals surface area contributed by atoms with Crippen LogP contribution in [0.25, 0.3) is 0 Å². The van der Waals surface area contributed by atoms with Gasteiger partial charge in [-0.2, -0.15) is 5.10 Å². The Bertz CT molecular complexity index is 251. The average molecular weight is 168 g/mol. The number of aryl methyl sites for hydroxylation is 1. The van der Waals surface area contributed by atoms with Crippen molar-refractivity contribution in [2.45, 2.75) is 20.3 Å². The Morgan fingerprint density at radius 1 is 1.58 bits per heavy atom. The van der Waals surface area contributed by atoms with E-state index in [9.17, 15) is 0 Å². The lowest BCUT2D eigenvalue weighted by Gasteiger charge is -2.20. The molecule has 0 aliphatic carbocycles. The molecule has 0 spiro atoms. The van der Waals surface area contributed by atoms with Crippen molar-refractivity contribution in [1.82, 2.24) is 14.8 Å². The highest BCUT2D eigenvalue weighted by Gasteiger charge is 2.18. The van der Waals surface area contributed by atoms with Crippen LogP contribution in [-0.4, -0.2) is 21.3 Å². The molecule has 0 unspecified atom stereocenters. The Hall–Kier alpha value is -0.900.